The molecule has 2 atom stereocenters. The van der Waals surface area contributed by atoms with E-state index in [1.54, 1.807) is 44.2 Å². The first-order valence-corrected chi connectivity index (χ1v) is 10.6. The second kappa shape index (κ2) is 10.5. The average molecular weight is 446 g/mol. The molecule has 0 spiro atoms. The quantitative estimate of drug-likeness (QED) is 0.239. The number of rotatable bonds is 8. The highest BCUT2D eigenvalue weighted by Gasteiger charge is 2.28. The summed E-state index contributed by atoms with van der Waals surface area (Å²) in [5, 5.41) is 22.2. The summed E-state index contributed by atoms with van der Waals surface area (Å²) in [7, 11) is 1.33. The van der Waals surface area contributed by atoms with Crippen LogP contribution >= 0.6 is 0 Å². The fourth-order valence-electron chi connectivity index (χ4n) is 3.63. The van der Waals surface area contributed by atoms with Crippen LogP contribution in [0.15, 0.2) is 73.1 Å². The van der Waals surface area contributed by atoms with Crippen molar-refractivity contribution in [1.82, 2.24) is 5.32 Å². The van der Waals surface area contributed by atoms with Crippen LogP contribution in [-0.4, -0.2) is 30.7 Å². The Bertz CT molecular complexity index is 1160. The summed E-state index contributed by atoms with van der Waals surface area (Å²) in [6.45, 7) is 3.48. The van der Waals surface area contributed by atoms with Gasteiger partial charge < -0.3 is 20.7 Å². The van der Waals surface area contributed by atoms with Crippen LogP contribution in [0.2, 0.25) is 0 Å². The summed E-state index contributed by atoms with van der Waals surface area (Å²) in [6.07, 6.45) is 3.25. The molecule has 7 heteroatoms. The molecule has 0 aliphatic rings. The maximum atomic E-state index is 12.8. The van der Waals surface area contributed by atoms with Gasteiger partial charge in [-0.15, -0.1) is 0 Å². The molecule has 33 heavy (non-hydrogen) atoms. The van der Waals surface area contributed by atoms with E-state index in [-0.39, 0.29) is 5.91 Å². The largest absolute Gasteiger partial charge is 0.619 e. The number of pyridine rings is 1. The lowest BCUT2D eigenvalue weighted by Gasteiger charge is -2.23. The van der Waals surface area contributed by atoms with Crippen LogP contribution in [0.3, 0.4) is 0 Å². The van der Waals surface area contributed by atoms with E-state index in [0.717, 1.165) is 27.0 Å². The van der Waals surface area contributed by atoms with Gasteiger partial charge in [0.05, 0.1) is 13.0 Å². The number of methoxy groups -OCH3 is 1. The molecule has 2 unspecified atom stereocenters. The van der Waals surface area contributed by atoms with E-state index in [1.165, 1.54) is 19.5 Å². The van der Waals surface area contributed by atoms with Crippen molar-refractivity contribution in [2.24, 2.45) is 5.92 Å². The molecule has 3 rings (SSSR count). The van der Waals surface area contributed by atoms with Crippen LogP contribution < -0.4 is 10.0 Å². The normalized spacial score (nSPS) is 12.5. The first-order chi connectivity index (χ1) is 15.8. The van der Waals surface area contributed by atoms with E-state index < -0.39 is 17.9 Å². The number of hydrogen-bond donors (Lipinski definition) is 2. The lowest BCUT2D eigenvalue weighted by molar-refractivity contribution is -0.604. The minimum Gasteiger partial charge on any atom is -0.619 e. The van der Waals surface area contributed by atoms with Gasteiger partial charge in [-0.2, -0.15) is 4.73 Å². The Morgan fingerprint density at radius 3 is 2.42 bits per heavy atom. The first kappa shape index (κ1) is 23.7. The number of amides is 1. The number of nitrogens with zero attached hydrogens (tertiary/aromatic N) is 1. The molecule has 0 saturated heterocycles. The number of hydrogen-bond acceptors (Lipinski definition) is 5. The summed E-state index contributed by atoms with van der Waals surface area (Å²) in [5.74, 6) is -1.31. The summed E-state index contributed by atoms with van der Waals surface area (Å²) in [4.78, 5) is 25.3. The molecular formula is C26H27N3O4. The maximum Gasteiger partial charge on any atom is 0.311 e. The SMILES string of the molecule is COC(=O)C(Cc1cccc(C(C)=N)c1)C(C)NC(=O)c1ccc(-c2ccc[n+]([O-])c2)cc1. The van der Waals surface area contributed by atoms with Gasteiger partial charge in [-0.05, 0) is 61.2 Å². The minimum absolute atomic E-state index is 0.306. The maximum absolute atomic E-state index is 12.8. The molecule has 0 fully saturated rings. The number of carbonyl (C=O) groups excluding carboxylic acids is 2. The highest BCUT2D eigenvalue weighted by Crippen LogP contribution is 2.19. The lowest BCUT2D eigenvalue weighted by atomic mass is 9.91. The average Bonchev–Trinajstić information content (AvgIpc) is 2.82. The van der Waals surface area contributed by atoms with E-state index >= 15 is 0 Å². The number of aromatic nitrogens is 1. The number of esters is 1. The molecule has 0 aliphatic carbocycles. The predicted molar refractivity (Wildman–Crippen MR) is 126 cm³/mol. The molecular weight excluding hydrogens is 418 g/mol. The zero-order valence-electron chi connectivity index (χ0n) is 18.9. The Morgan fingerprint density at radius 2 is 1.79 bits per heavy atom. The summed E-state index contributed by atoms with van der Waals surface area (Å²) in [6, 6.07) is 17.4. The highest BCUT2D eigenvalue weighted by atomic mass is 16.5. The fraction of sp³-hybridized carbons (Fsp3) is 0.231. The van der Waals surface area contributed by atoms with E-state index in [9.17, 15) is 14.8 Å². The molecule has 170 valence electrons. The molecule has 1 aromatic heterocycles. The number of carbonyl (C=O) groups is 2. The second-order valence-electron chi connectivity index (χ2n) is 7.95. The Hall–Kier alpha value is -4.00. The van der Waals surface area contributed by atoms with Gasteiger partial charge in [0, 0.05) is 28.9 Å². The van der Waals surface area contributed by atoms with Crippen molar-refractivity contribution < 1.29 is 19.1 Å². The predicted octanol–water partition coefficient (Wildman–Crippen LogP) is 3.52. The Labute approximate surface area is 193 Å². The zero-order valence-corrected chi connectivity index (χ0v) is 18.9. The van der Waals surface area contributed by atoms with Crippen molar-refractivity contribution in [2.75, 3.05) is 7.11 Å². The standard InChI is InChI=1S/C26H27N3O4/c1-17(27)22-7-4-6-19(14-22)15-24(26(31)33-3)18(2)28-25(30)21-11-9-20(10-12-21)23-8-5-13-29(32)16-23/h4-14,16,18,24,27H,15H2,1-3H3,(H,28,30). The molecule has 1 amide bonds. The van der Waals surface area contributed by atoms with Crippen molar-refractivity contribution in [1.29, 1.82) is 5.41 Å². The van der Waals surface area contributed by atoms with Gasteiger partial charge in [0.2, 0.25) is 0 Å². The van der Waals surface area contributed by atoms with Crippen molar-refractivity contribution in [3.05, 3.63) is 95.0 Å². The molecule has 2 aromatic carbocycles. The Balaban J connectivity index is 1.73. The summed E-state index contributed by atoms with van der Waals surface area (Å²) in [5.41, 5.74) is 4.13. The van der Waals surface area contributed by atoms with E-state index in [2.05, 4.69) is 5.32 Å². The van der Waals surface area contributed by atoms with Crippen LogP contribution in [0.1, 0.15) is 35.3 Å². The van der Waals surface area contributed by atoms with Crippen LogP contribution in [0.5, 0.6) is 0 Å². The third kappa shape index (κ3) is 6.04. The topological polar surface area (TPSA) is 106 Å². The van der Waals surface area contributed by atoms with E-state index in [0.29, 0.717) is 17.7 Å². The number of benzene rings is 2. The van der Waals surface area contributed by atoms with Crippen LogP contribution in [0, 0.1) is 16.5 Å². The molecule has 0 radical (unpaired) electrons. The van der Waals surface area contributed by atoms with Gasteiger partial charge in [0.25, 0.3) is 5.91 Å². The Kier molecular flexibility index (Phi) is 7.56. The molecule has 0 aliphatic heterocycles. The summed E-state index contributed by atoms with van der Waals surface area (Å²) < 4.78 is 5.71. The van der Waals surface area contributed by atoms with Gasteiger partial charge in [-0.1, -0.05) is 30.3 Å². The number of nitrogens with one attached hydrogen (secondary N) is 2. The van der Waals surface area contributed by atoms with Gasteiger partial charge in [-0.3, -0.25) is 9.59 Å². The first-order valence-electron chi connectivity index (χ1n) is 10.6. The second-order valence-corrected chi connectivity index (χ2v) is 7.95. The van der Waals surface area contributed by atoms with Crippen molar-refractivity contribution in [2.45, 2.75) is 26.3 Å². The van der Waals surface area contributed by atoms with Crippen LogP contribution in [0.4, 0.5) is 0 Å². The molecule has 0 saturated carbocycles. The lowest BCUT2D eigenvalue weighted by Crippen LogP contribution is -2.42. The molecule has 2 N–H and O–H groups in total. The van der Waals surface area contributed by atoms with Crippen LogP contribution in [0.25, 0.3) is 11.1 Å². The van der Waals surface area contributed by atoms with Crippen LogP contribution in [-0.2, 0) is 16.0 Å². The van der Waals surface area contributed by atoms with Crippen molar-refractivity contribution >= 4 is 17.6 Å². The highest BCUT2D eigenvalue weighted by molar-refractivity contribution is 5.96. The molecule has 7 nitrogen and oxygen atoms in total. The van der Waals surface area contributed by atoms with Gasteiger partial charge in [-0.25, -0.2) is 0 Å². The smallest absolute Gasteiger partial charge is 0.311 e. The zero-order chi connectivity index (χ0) is 24.0. The van der Waals surface area contributed by atoms with Gasteiger partial charge in [0.1, 0.15) is 0 Å². The summed E-state index contributed by atoms with van der Waals surface area (Å²) >= 11 is 0. The molecule has 1 heterocycles. The third-order valence-electron chi connectivity index (χ3n) is 5.54. The van der Waals surface area contributed by atoms with Gasteiger partial charge >= 0.3 is 5.97 Å². The number of ether oxygens (including phenoxy) is 1. The fourth-order valence-corrected chi connectivity index (χ4v) is 3.63. The monoisotopic (exact) mass is 445 g/mol. The minimum atomic E-state index is -0.587. The molecule has 3 aromatic rings. The van der Waals surface area contributed by atoms with Gasteiger partial charge in [0.15, 0.2) is 12.4 Å². The third-order valence-corrected chi connectivity index (χ3v) is 5.54. The van der Waals surface area contributed by atoms with E-state index in [1.807, 2.05) is 30.3 Å². The van der Waals surface area contributed by atoms with Crippen molar-refractivity contribution in [3.8, 4) is 11.1 Å². The molecule has 0 bridgehead atoms. The Morgan fingerprint density at radius 1 is 1.06 bits per heavy atom. The van der Waals surface area contributed by atoms with Crippen molar-refractivity contribution in [3.63, 3.8) is 0 Å². The van der Waals surface area contributed by atoms with E-state index in [4.69, 9.17) is 10.1 Å².